The smallest absolute Gasteiger partial charge is 0.230 e. The fraction of sp³-hybridized carbons (Fsp3) is 0.200. The van der Waals surface area contributed by atoms with Gasteiger partial charge in [0.15, 0.2) is 15.0 Å². The van der Waals surface area contributed by atoms with Crippen molar-refractivity contribution in [2.24, 2.45) is 0 Å². The maximum absolute atomic E-state index is 13.3. The summed E-state index contributed by atoms with van der Waals surface area (Å²) >= 11 is 7.71. The van der Waals surface area contributed by atoms with Crippen LogP contribution in [0.5, 0.6) is 0 Å². The van der Waals surface area contributed by atoms with E-state index in [1.165, 1.54) is 11.3 Å². The Balaban J connectivity index is 1.59. The summed E-state index contributed by atoms with van der Waals surface area (Å²) < 4.78 is 26.1. The molecule has 0 saturated heterocycles. The highest BCUT2D eigenvalue weighted by molar-refractivity contribution is 7.90. The number of rotatable bonds is 8. The zero-order valence-corrected chi connectivity index (χ0v) is 20.5. The van der Waals surface area contributed by atoms with E-state index >= 15 is 0 Å². The largest absolute Gasteiger partial charge is 0.284 e. The number of hydrogen-bond donors (Lipinski definition) is 0. The van der Waals surface area contributed by atoms with Crippen molar-refractivity contribution in [1.82, 2.24) is 4.98 Å². The van der Waals surface area contributed by atoms with Crippen LogP contribution in [0.1, 0.15) is 23.1 Å². The van der Waals surface area contributed by atoms with Gasteiger partial charge in [0.2, 0.25) is 5.91 Å². The molecule has 170 valence electrons. The highest BCUT2D eigenvalue weighted by Gasteiger charge is 2.24. The van der Waals surface area contributed by atoms with Crippen LogP contribution in [0.25, 0.3) is 10.2 Å². The Labute approximate surface area is 202 Å². The molecule has 3 aromatic carbocycles. The van der Waals surface area contributed by atoms with Gasteiger partial charge in [-0.3, -0.25) is 9.69 Å². The van der Waals surface area contributed by atoms with Crippen molar-refractivity contribution < 1.29 is 13.2 Å². The average molecular weight is 499 g/mol. The number of carbonyl (C=O) groups is 1. The van der Waals surface area contributed by atoms with Crippen LogP contribution in [0.3, 0.4) is 0 Å². The Morgan fingerprint density at radius 1 is 0.970 bits per heavy atom. The highest BCUT2D eigenvalue weighted by atomic mass is 35.5. The molecule has 8 heteroatoms. The summed E-state index contributed by atoms with van der Waals surface area (Å²) in [7, 11) is -3.44. The Kier molecular flexibility index (Phi) is 7.12. The van der Waals surface area contributed by atoms with Gasteiger partial charge >= 0.3 is 0 Å². The lowest BCUT2D eigenvalue weighted by Crippen LogP contribution is -2.31. The third kappa shape index (κ3) is 5.79. The summed E-state index contributed by atoms with van der Waals surface area (Å²) in [5, 5.41) is 1.09. The molecular formula is C25H23ClN2O3S2. The summed E-state index contributed by atoms with van der Waals surface area (Å²) in [6, 6.07) is 22.3. The highest BCUT2D eigenvalue weighted by Crippen LogP contribution is 2.36. The quantitative estimate of drug-likeness (QED) is 0.308. The first-order chi connectivity index (χ1) is 15.8. The maximum Gasteiger partial charge on any atom is 0.230 e. The molecule has 0 aliphatic rings. The number of nitrogens with zero attached hydrogens (tertiary/aromatic N) is 2. The van der Waals surface area contributed by atoms with Gasteiger partial charge in [0, 0.05) is 6.42 Å². The number of hydrogen-bond acceptors (Lipinski definition) is 5. The van der Waals surface area contributed by atoms with Gasteiger partial charge in [-0.1, -0.05) is 89.7 Å². The van der Waals surface area contributed by atoms with Crippen molar-refractivity contribution in [3.63, 3.8) is 0 Å². The van der Waals surface area contributed by atoms with E-state index in [9.17, 15) is 13.2 Å². The first-order valence-electron chi connectivity index (χ1n) is 10.5. The molecule has 1 aromatic heterocycles. The minimum absolute atomic E-state index is 0.0876. The van der Waals surface area contributed by atoms with Crippen molar-refractivity contribution in [3.05, 3.63) is 94.5 Å². The van der Waals surface area contributed by atoms with Gasteiger partial charge in [0.1, 0.15) is 0 Å². The fourth-order valence-electron chi connectivity index (χ4n) is 3.51. The van der Waals surface area contributed by atoms with Gasteiger partial charge in [-0.15, -0.1) is 0 Å². The summed E-state index contributed by atoms with van der Waals surface area (Å²) in [5.74, 6) is -0.602. The summed E-state index contributed by atoms with van der Waals surface area (Å²) in [6.07, 6.45) is -0.120. The van der Waals surface area contributed by atoms with Gasteiger partial charge in [-0.2, -0.15) is 0 Å². The van der Waals surface area contributed by atoms with Crippen LogP contribution >= 0.6 is 22.9 Å². The minimum Gasteiger partial charge on any atom is -0.284 e. The van der Waals surface area contributed by atoms with E-state index < -0.39 is 9.84 Å². The number of aryl methyl sites for hydroxylation is 1. The van der Waals surface area contributed by atoms with E-state index in [1.54, 1.807) is 29.2 Å². The summed E-state index contributed by atoms with van der Waals surface area (Å²) in [4.78, 5) is 19.5. The number of halogens is 1. The van der Waals surface area contributed by atoms with E-state index in [0.29, 0.717) is 22.3 Å². The van der Waals surface area contributed by atoms with Crippen LogP contribution in [0.2, 0.25) is 5.02 Å². The van der Waals surface area contributed by atoms with E-state index in [2.05, 4.69) is 0 Å². The maximum atomic E-state index is 13.3. The third-order valence-electron chi connectivity index (χ3n) is 5.26. The molecule has 0 N–H and O–H groups in total. The molecule has 0 fully saturated rings. The molecule has 0 spiro atoms. The van der Waals surface area contributed by atoms with Crippen molar-refractivity contribution >= 4 is 54.0 Å². The Bertz CT molecular complexity index is 1330. The number of aromatic nitrogens is 1. The van der Waals surface area contributed by atoms with Crippen molar-refractivity contribution in [3.8, 4) is 0 Å². The molecule has 0 unspecified atom stereocenters. The van der Waals surface area contributed by atoms with Gasteiger partial charge in [0.05, 0.1) is 33.3 Å². The van der Waals surface area contributed by atoms with Crippen LogP contribution in [-0.2, 0) is 26.9 Å². The van der Waals surface area contributed by atoms with Crippen LogP contribution in [0.4, 0.5) is 5.13 Å². The van der Waals surface area contributed by atoms with Crippen LogP contribution in [0, 0.1) is 6.92 Å². The predicted octanol–water partition coefficient (Wildman–Crippen LogP) is 5.80. The molecule has 0 bridgehead atoms. The molecule has 5 nitrogen and oxygen atoms in total. The lowest BCUT2D eigenvalue weighted by molar-refractivity contribution is -0.118. The molecule has 0 atom stereocenters. The van der Waals surface area contributed by atoms with Gasteiger partial charge in [0.25, 0.3) is 0 Å². The first-order valence-corrected chi connectivity index (χ1v) is 13.5. The van der Waals surface area contributed by atoms with Gasteiger partial charge < -0.3 is 0 Å². The fourth-order valence-corrected chi connectivity index (χ4v) is 6.18. The third-order valence-corrected chi connectivity index (χ3v) is 8.40. The van der Waals surface area contributed by atoms with Crippen molar-refractivity contribution in [2.45, 2.75) is 25.6 Å². The SMILES string of the molecule is Cc1ccc(Cl)c2sc(N(Cc3ccccc3)C(=O)CCS(=O)(=O)Cc3ccccc3)nc12. The van der Waals surface area contributed by atoms with Gasteiger partial charge in [-0.25, -0.2) is 13.4 Å². The molecule has 0 saturated carbocycles. The zero-order chi connectivity index (χ0) is 23.4. The van der Waals surface area contributed by atoms with E-state index in [4.69, 9.17) is 16.6 Å². The zero-order valence-electron chi connectivity index (χ0n) is 18.1. The van der Waals surface area contributed by atoms with Gasteiger partial charge in [-0.05, 0) is 29.7 Å². The molecule has 4 aromatic rings. The Morgan fingerprint density at radius 3 is 2.24 bits per heavy atom. The first kappa shape index (κ1) is 23.4. The molecule has 33 heavy (non-hydrogen) atoms. The number of fused-ring (bicyclic) bond motifs is 1. The van der Waals surface area contributed by atoms with E-state index in [0.717, 1.165) is 21.3 Å². The lowest BCUT2D eigenvalue weighted by atomic mass is 10.2. The molecule has 1 heterocycles. The molecular weight excluding hydrogens is 476 g/mol. The predicted molar refractivity (Wildman–Crippen MR) is 136 cm³/mol. The topological polar surface area (TPSA) is 67.3 Å². The van der Waals surface area contributed by atoms with E-state index in [1.807, 2.05) is 55.5 Å². The molecule has 0 radical (unpaired) electrons. The number of thiazole rings is 1. The molecule has 4 rings (SSSR count). The molecule has 1 amide bonds. The molecule has 0 aliphatic carbocycles. The second-order valence-electron chi connectivity index (χ2n) is 7.83. The number of anilines is 1. The van der Waals surface area contributed by atoms with Crippen LogP contribution in [0.15, 0.2) is 72.8 Å². The average Bonchev–Trinajstić information content (AvgIpc) is 3.26. The van der Waals surface area contributed by atoms with Crippen molar-refractivity contribution in [2.75, 3.05) is 10.7 Å². The minimum atomic E-state index is -3.44. The monoisotopic (exact) mass is 498 g/mol. The van der Waals surface area contributed by atoms with Crippen LogP contribution in [-0.4, -0.2) is 25.1 Å². The second-order valence-corrected chi connectivity index (χ2v) is 11.4. The second kappa shape index (κ2) is 10.0. The van der Waals surface area contributed by atoms with Crippen molar-refractivity contribution in [1.29, 1.82) is 0 Å². The van der Waals surface area contributed by atoms with Crippen LogP contribution < -0.4 is 4.90 Å². The number of sulfone groups is 1. The number of amides is 1. The Hall–Kier alpha value is -2.74. The summed E-state index contributed by atoms with van der Waals surface area (Å²) in [6.45, 7) is 2.25. The lowest BCUT2D eigenvalue weighted by Gasteiger charge is -2.20. The number of benzene rings is 3. The standard InChI is InChI=1S/C25H23ClN2O3S2/c1-18-12-13-21(26)24-23(18)27-25(32-24)28(16-19-8-4-2-5-9-19)22(29)14-15-33(30,31)17-20-10-6-3-7-11-20/h2-13H,14-17H2,1H3. The Morgan fingerprint density at radius 2 is 1.61 bits per heavy atom. The number of carbonyl (C=O) groups excluding carboxylic acids is 1. The van der Waals surface area contributed by atoms with E-state index in [-0.39, 0.29) is 23.8 Å². The normalized spacial score (nSPS) is 11.6. The molecule has 0 aliphatic heterocycles. The summed E-state index contributed by atoms with van der Waals surface area (Å²) in [5.41, 5.74) is 3.36.